The molecule has 20 heavy (non-hydrogen) atoms. The fourth-order valence-electron chi connectivity index (χ4n) is 1.43. The number of carbonyl (C=O) groups is 2. The van der Waals surface area contributed by atoms with Crippen LogP contribution in [0.4, 0.5) is 0 Å². The number of hydrogen-bond donors (Lipinski definition) is 1. The summed E-state index contributed by atoms with van der Waals surface area (Å²) >= 11 is 0. The molecule has 1 aromatic heterocycles. The van der Waals surface area contributed by atoms with Gasteiger partial charge in [0.15, 0.2) is 11.2 Å². The van der Waals surface area contributed by atoms with Crippen molar-refractivity contribution in [2.45, 2.75) is 6.42 Å². The first-order valence-electron chi connectivity index (χ1n) is 5.79. The van der Waals surface area contributed by atoms with E-state index in [-0.39, 0.29) is 23.0 Å². The van der Waals surface area contributed by atoms with E-state index < -0.39 is 11.7 Å². The minimum Gasteiger partial charge on any atom is -0.430 e. The first-order chi connectivity index (χ1) is 9.65. The molecule has 0 aliphatic carbocycles. The lowest BCUT2D eigenvalue weighted by Crippen LogP contribution is -2.24. The number of nitrogens with one attached hydrogen (secondary N) is 1. The molecule has 0 unspecified atom stereocenters. The van der Waals surface area contributed by atoms with Gasteiger partial charge in [0.1, 0.15) is 6.26 Å². The number of fused-ring (bicyclic) bond motifs is 1. The predicted octanol–water partition coefficient (Wildman–Crippen LogP) is -0.329. The lowest BCUT2D eigenvalue weighted by atomic mass is 10.3. The Morgan fingerprint density at radius 1 is 1.05 bits per heavy atom. The van der Waals surface area contributed by atoms with Crippen LogP contribution in [0.25, 0.3) is 12.3 Å². The molecule has 0 spiro atoms. The molecule has 6 nitrogen and oxygen atoms in total. The number of esters is 1. The van der Waals surface area contributed by atoms with Gasteiger partial charge in [-0.1, -0.05) is 30.4 Å². The number of cyclic esters (lactones) is 1. The van der Waals surface area contributed by atoms with Gasteiger partial charge >= 0.3 is 11.7 Å². The van der Waals surface area contributed by atoms with Crippen molar-refractivity contribution >= 4 is 24.1 Å². The number of aromatic nitrogens is 1. The van der Waals surface area contributed by atoms with Gasteiger partial charge in [-0.25, -0.2) is 4.79 Å². The highest BCUT2D eigenvalue weighted by Gasteiger charge is 2.01. The Labute approximate surface area is 113 Å². The third-order valence-electron chi connectivity index (χ3n) is 2.30. The van der Waals surface area contributed by atoms with Crippen molar-refractivity contribution in [1.29, 1.82) is 0 Å². The van der Waals surface area contributed by atoms with Crippen molar-refractivity contribution in [1.82, 2.24) is 4.98 Å². The number of oxazole rings is 1. The van der Waals surface area contributed by atoms with Crippen LogP contribution in [-0.2, 0) is 14.3 Å². The van der Waals surface area contributed by atoms with E-state index in [4.69, 9.17) is 9.15 Å². The fourth-order valence-corrected chi connectivity index (χ4v) is 1.43. The lowest BCUT2D eigenvalue weighted by Gasteiger charge is -1.92. The van der Waals surface area contributed by atoms with E-state index in [9.17, 15) is 14.4 Å². The molecule has 0 saturated heterocycles. The molecule has 1 aliphatic rings. The fraction of sp³-hybridized carbons (Fsp3) is 0.0714. The molecule has 0 atom stereocenters. The van der Waals surface area contributed by atoms with E-state index in [1.165, 1.54) is 12.2 Å². The van der Waals surface area contributed by atoms with Crippen LogP contribution in [-0.4, -0.2) is 16.7 Å². The monoisotopic (exact) mass is 273 g/mol. The predicted molar refractivity (Wildman–Crippen MR) is 70.6 cm³/mol. The van der Waals surface area contributed by atoms with Crippen molar-refractivity contribution in [2.75, 3.05) is 0 Å². The lowest BCUT2D eigenvalue weighted by molar-refractivity contribution is -0.135. The minimum absolute atomic E-state index is 0.0123. The van der Waals surface area contributed by atoms with Crippen molar-refractivity contribution < 1.29 is 18.7 Å². The molecule has 1 aromatic rings. The summed E-state index contributed by atoms with van der Waals surface area (Å²) in [6.07, 6.45) is 11.7. The third-order valence-corrected chi connectivity index (χ3v) is 2.30. The quantitative estimate of drug-likeness (QED) is 0.654. The van der Waals surface area contributed by atoms with Gasteiger partial charge in [0.05, 0.1) is 11.8 Å². The van der Waals surface area contributed by atoms with Crippen molar-refractivity contribution in [3.05, 3.63) is 57.8 Å². The number of carbonyl (C=O) groups excluding carboxylic acids is 2. The van der Waals surface area contributed by atoms with Crippen molar-refractivity contribution in [3.63, 3.8) is 0 Å². The van der Waals surface area contributed by atoms with Crippen LogP contribution in [0, 0.1) is 0 Å². The number of ether oxygens (including phenoxy) is 1. The number of rotatable bonds is 0. The van der Waals surface area contributed by atoms with E-state index in [2.05, 4.69) is 4.98 Å². The molecule has 6 heteroatoms. The molecule has 0 aromatic carbocycles. The third kappa shape index (κ3) is 3.81. The number of allylic oxidation sites excluding steroid dienone is 5. The molecule has 2 heterocycles. The van der Waals surface area contributed by atoms with Crippen LogP contribution in [0.5, 0.6) is 0 Å². The summed E-state index contributed by atoms with van der Waals surface area (Å²) in [7, 11) is 0. The first-order valence-corrected chi connectivity index (χ1v) is 5.79. The molecule has 2 rings (SSSR count). The average molecular weight is 273 g/mol. The van der Waals surface area contributed by atoms with E-state index in [0.29, 0.717) is 0 Å². The Morgan fingerprint density at radius 3 is 2.70 bits per heavy atom. The van der Waals surface area contributed by atoms with Gasteiger partial charge in [-0.15, -0.1) is 0 Å². The molecule has 0 bridgehead atoms. The van der Waals surface area contributed by atoms with Crippen LogP contribution in [0.3, 0.4) is 0 Å². The highest BCUT2D eigenvalue weighted by atomic mass is 16.5. The molecule has 0 radical (unpaired) electrons. The van der Waals surface area contributed by atoms with Gasteiger partial charge in [0, 0.05) is 6.08 Å². The second kappa shape index (κ2) is 6.33. The Hall–Kier alpha value is -2.89. The highest BCUT2D eigenvalue weighted by Crippen LogP contribution is 1.91. The maximum absolute atomic E-state index is 11.6. The summed E-state index contributed by atoms with van der Waals surface area (Å²) in [4.78, 5) is 36.5. The van der Waals surface area contributed by atoms with Gasteiger partial charge < -0.3 is 9.15 Å². The van der Waals surface area contributed by atoms with Crippen LogP contribution in [0.2, 0.25) is 0 Å². The second-order valence-electron chi connectivity index (χ2n) is 3.82. The molecule has 0 amide bonds. The standard InChI is InChI=1S/C14H11NO5/c16-10-6-4-2-1-3-5-7-13(17)19-9-12-11(8-10)15-14(18)20-12/h1-6,8-9H,7H2,(H,15,18)/b2-1-,5-3+,6-4?,11-8-,12-9+. The zero-order chi connectivity index (χ0) is 14.4. The first kappa shape index (κ1) is 13.5. The summed E-state index contributed by atoms with van der Waals surface area (Å²) in [5, 5.41) is 0.147. The summed E-state index contributed by atoms with van der Waals surface area (Å²) in [6.45, 7) is 0. The second-order valence-corrected chi connectivity index (χ2v) is 3.82. The minimum atomic E-state index is -0.737. The van der Waals surface area contributed by atoms with Gasteiger partial charge in [0.2, 0.25) is 0 Å². The summed E-state index contributed by atoms with van der Waals surface area (Å²) in [6, 6.07) is 0. The maximum Gasteiger partial charge on any atom is 0.417 e. The molecule has 0 saturated carbocycles. The Bertz CT molecular complexity index is 773. The Morgan fingerprint density at radius 2 is 1.85 bits per heavy atom. The van der Waals surface area contributed by atoms with Crippen LogP contribution in [0.15, 0.2) is 45.7 Å². The normalized spacial score (nSPS) is 22.4. The van der Waals surface area contributed by atoms with Gasteiger partial charge in [0.25, 0.3) is 0 Å². The maximum atomic E-state index is 11.6. The molecule has 0 fully saturated rings. The summed E-state index contributed by atoms with van der Waals surface area (Å²) in [5.41, 5.74) is -0.0123. The van der Waals surface area contributed by atoms with Crippen molar-refractivity contribution in [3.8, 4) is 0 Å². The zero-order valence-electron chi connectivity index (χ0n) is 10.4. The molecule has 1 N–H and O–H groups in total. The number of H-pyrrole nitrogens is 1. The van der Waals surface area contributed by atoms with Gasteiger partial charge in [-0.2, -0.15) is 0 Å². The SMILES string of the molecule is O=C1C=C/C=C\C=C\CC(=O)O/C=c2/oc(=O)[nH]/c2=C\1. The van der Waals surface area contributed by atoms with Gasteiger partial charge in [-0.05, 0) is 6.08 Å². The number of hydrogen-bond acceptors (Lipinski definition) is 5. The molecular weight excluding hydrogens is 262 g/mol. The smallest absolute Gasteiger partial charge is 0.417 e. The Kier molecular flexibility index (Phi) is 4.28. The zero-order valence-corrected chi connectivity index (χ0v) is 10.4. The molecule has 102 valence electrons. The number of aromatic amines is 1. The van der Waals surface area contributed by atoms with E-state index in [1.807, 2.05) is 0 Å². The van der Waals surface area contributed by atoms with Gasteiger partial charge in [-0.3, -0.25) is 14.6 Å². The number of ketones is 1. The van der Waals surface area contributed by atoms with Crippen LogP contribution < -0.4 is 16.5 Å². The van der Waals surface area contributed by atoms with Crippen molar-refractivity contribution in [2.24, 2.45) is 0 Å². The van der Waals surface area contributed by atoms with E-state index >= 15 is 0 Å². The Balaban J connectivity index is 2.49. The topological polar surface area (TPSA) is 89.4 Å². The molecule has 1 aliphatic heterocycles. The van der Waals surface area contributed by atoms with Crippen LogP contribution in [0.1, 0.15) is 6.42 Å². The van der Waals surface area contributed by atoms with Crippen LogP contribution >= 0.6 is 0 Å². The van der Waals surface area contributed by atoms with E-state index in [0.717, 1.165) is 6.26 Å². The van der Waals surface area contributed by atoms with E-state index in [1.54, 1.807) is 30.4 Å². The molecular formula is C14H11NO5. The summed E-state index contributed by atoms with van der Waals surface area (Å²) in [5.74, 6) is -1.59. The largest absolute Gasteiger partial charge is 0.430 e. The highest BCUT2D eigenvalue weighted by molar-refractivity contribution is 6.13. The summed E-state index contributed by atoms with van der Waals surface area (Å²) < 4.78 is 9.60. The average Bonchev–Trinajstić information content (AvgIpc) is 2.74.